The fraction of sp³-hybridized carbons (Fsp3) is 0.231. The summed E-state index contributed by atoms with van der Waals surface area (Å²) < 4.78 is 5.78. The number of ether oxygens (including phenoxy) is 1. The number of aryl methyl sites for hydroxylation is 1. The van der Waals surface area contributed by atoms with Crippen molar-refractivity contribution in [1.82, 2.24) is 0 Å². The fourth-order valence-electron chi connectivity index (χ4n) is 3.84. The number of carbonyl (C=O) groups excluding carboxylic acids is 2. The van der Waals surface area contributed by atoms with Gasteiger partial charge in [-0.25, -0.2) is 0 Å². The number of aliphatic hydroxyl groups excluding tert-OH is 1. The highest BCUT2D eigenvalue weighted by Crippen LogP contribution is 2.44. The van der Waals surface area contributed by atoms with Gasteiger partial charge in [0.15, 0.2) is 0 Å². The quantitative estimate of drug-likeness (QED) is 0.252. The Labute approximate surface area is 201 Å². The molecule has 7 heteroatoms. The van der Waals surface area contributed by atoms with E-state index in [0.29, 0.717) is 34.5 Å². The number of halogens is 1. The third-order valence-electron chi connectivity index (χ3n) is 5.37. The first-order chi connectivity index (χ1) is 15.8. The number of hydrogen-bond acceptors (Lipinski definition) is 5. The first-order valence-corrected chi connectivity index (χ1v) is 11.9. The SMILES string of the molecule is Cc1cc(Cl)ccc1N1C(=O)C(=O)/C(=C(\O)c2cccc(OCC(C)C)c2)C1c1cccs1. The van der Waals surface area contributed by atoms with E-state index in [0.717, 1.165) is 10.4 Å². The number of hydrogen-bond donors (Lipinski definition) is 1. The molecule has 0 spiro atoms. The summed E-state index contributed by atoms with van der Waals surface area (Å²) in [6.45, 7) is 6.46. The van der Waals surface area contributed by atoms with E-state index in [1.54, 1.807) is 42.5 Å². The van der Waals surface area contributed by atoms with Crippen molar-refractivity contribution >= 4 is 46.1 Å². The van der Waals surface area contributed by atoms with Crippen LogP contribution in [0.3, 0.4) is 0 Å². The molecule has 1 N–H and O–H groups in total. The van der Waals surface area contributed by atoms with Crippen LogP contribution in [0.2, 0.25) is 5.02 Å². The Hall–Kier alpha value is -3.09. The minimum absolute atomic E-state index is 0.0535. The van der Waals surface area contributed by atoms with E-state index in [-0.39, 0.29) is 11.3 Å². The summed E-state index contributed by atoms with van der Waals surface area (Å²) in [5, 5.41) is 13.7. The number of anilines is 1. The van der Waals surface area contributed by atoms with Gasteiger partial charge in [-0.05, 0) is 60.2 Å². The Balaban J connectivity index is 1.85. The number of benzene rings is 2. The summed E-state index contributed by atoms with van der Waals surface area (Å²) in [5.74, 6) is -0.714. The van der Waals surface area contributed by atoms with Crippen LogP contribution in [-0.2, 0) is 9.59 Å². The molecule has 1 atom stereocenters. The van der Waals surface area contributed by atoms with Crippen LogP contribution in [-0.4, -0.2) is 23.4 Å². The van der Waals surface area contributed by atoms with Crippen LogP contribution in [0.25, 0.3) is 5.76 Å². The standard InChI is InChI=1S/C26H24ClNO4S/c1-15(2)14-32-19-7-4-6-17(13-19)24(29)22-23(21-8-5-11-33-21)28(26(31)25(22)30)20-10-9-18(27)12-16(20)3/h4-13,15,23,29H,14H2,1-3H3/b24-22-. The molecule has 0 bridgehead atoms. The van der Waals surface area contributed by atoms with E-state index in [1.165, 1.54) is 16.2 Å². The zero-order valence-corrected chi connectivity index (χ0v) is 20.1. The first kappa shape index (κ1) is 23.1. The number of thiophene rings is 1. The van der Waals surface area contributed by atoms with Crippen molar-refractivity contribution in [2.24, 2.45) is 5.92 Å². The minimum Gasteiger partial charge on any atom is -0.507 e. The van der Waals surface area contributed by atoms with Gasteiger partial charge >= 0.3 is 0 Å². The van der Waals surface area contributed by atoms with E-state index < -0.39 is 17.7 Å². The molecule has 2 heterocycles. The van der Waals surface area contributed by atoms with Gasteiger partial charge in [-0.15, -0.1) is 11.3 Å². The van der Waals surface area contributed by atoms with Crippen LogP contribution in [0.1, 0.15) is 35.9 Å². The van der Waals surface area contributed by atoms with Crippen LogP contribution < -0.4 is 9.64 Å². The summed E-state index contributed by atoms with van der Waals surface area (Å²) in [6, 6.07) is 15.1. The smallest absolute Gasteiger partial charge is 0.300 e. The Morgan fingerprint density at radius 2 is 1.94 bits per heavy atom. The summed E-state index contributed by atoms with van der Waals surface area (Å²) in [6.07, 6.45) is 0. The van der Waals surface area contributed by atoms with E-state index in [4.69, 9.17) is 16.3 Å². The van der Waals surface area contributed by atoms with Gasteiger partial charge in [0.1, 0.15) is 17.6 Å². The molecular formula is C26H24ClNO4S. The molecule has 2 aromatic carbocycles. The van der Waals surface area contributed by atoms with Gasteiger partial charge in [0.25, 0.3) is 11.7 Å². The third-order valence-corrected chi connectivity index (χ3v) is 6.53. The second-order valence-corrected chi connectivity index (χ2v) is 9.76. The lowest BCUT2D eigenvalue weighted by atomic mass is 9.99. The van der Waals surface area contributed by atoms with Gasteiger partial charge in [0, 0.05) is 21.2 Å². The third kappa shape index (κ3) is 4.54. The predicted molar refractivity (Wildman–Crippen MR) is 132 cm³/mol. The second-order valence-electron chi connectivity index (χ2n) is 8.35. The largest absolute Gasteiger partial charge is 0.507 e. The molecule has 4 rings (SSSR count). The number of aliphatic hydroxyl groups is 1. The molecule has 3 aromatic rings. The van der Waals surface area contributed by atoms with Gasteiger partial charge < -0.3 is 9.84 Å². The summed E-state index contributed by atoms with van der Waals surface area (Å²) in [7, 11) is 0. The van der Waals surface area contributed by atoms with E-state index >= 15 is 0 Å². The first-order valence-electron chi connectivity index (χ1n) is 10.6. The number of Topliss-reactive ketones (excluding diaryl/α,β-unsaturated/α-hetero) is 1. The number of amides is 1. The van der Waals surface area contributed by atoms with Crippen molar-refractivity contribution in [3.8, 4) is 5.75 Å². The molecule has 0 saturated carbocycles. The van der Waals surface area contributed by atoms with Gasteiger partial charge in [-0.3, -0.25) is 14.5 Å². The molecule has 1 unspecified atom stereocenters. The molecule has 1 aromatic heterocycles. The van der Waals surface area contributed by atoms with Crippen LogP contribution in [0.5, 0.6) is 5.75 Å². The normalized spacial score (nSPS) is 17.7. The number of ketones is 1. The number of rotatable bonds is 6. The fourth-order valence-corrected chi connectivity index (χ4v) is 4.89. The maximum Gasteiger partial charge on any atom is 0.300 e. The average Bonchev–Trinajstić information content (AvgIpc) is 3.40. The Kier molecular flexibility index (Phi) is 6.58. The summed E-state index contributed by atoms with van der Waals surface area (Å²) in [5.41, 5.74) is 1.81. The minimum atomic E-state index is -0.745. The lowest BCUT2D eigenvalue weighted by Crippen LogP contribution is -2.29. The Morgan fingerprint density at radius 1 is 1.15 bits per heavy atom. The second kappa shape index (κ2) is 9.41. The molecule has 5 nitrogen and oxygen atoms in total. The van der Waals surface area contributed by atoms with Crippen LogP contribution in [0, 0.1) is 12.8 Å². The molecule has 1 fully saturated rings. The van der Waals surface area contributed by atoms with Gasteiger partial charge in [-0.1, -0.05) is 43.6 Å². The Morgan fingerprint density at radius 3 is 2.61 bits per heavy atom. The molecule has 1 amide bonds. The number of nitrogens with zero attached hydrogens (tertiary/aromatic N) is 1. The van der Waals surface area contributed by atoms with Crippen LogP contribution >= 0.6 is 22.9 Å². The zero-order valence-electron chi connectivity index (χ0n) is 18.5. The summed E-state index contributed by atoms with van der Waals surface area (Å²) >= 11 is 7.53. The maximum atomic E-state index is 13.2. The van der Waals surface area contributed by atoms with Gasteiger partial charge in [-0.2, -0.15) is 0 Å². The monoisotopic (exact) mass is 481 g/mol. The van der Waals surface area contributed by atoms with Crippen molar-refractivity contribution in [2.75, 3.05) is 11.5 Å². The average molecular weight is 482 g/mol. The molecule has 170 valence electrons. The molecule has 0 radical (unpaired) electrons. The van der Waals surface area contributed by atoms with Gasteiger partial charge in [0.05, 0.1) is 12.2 Å². The lowest BCUT2D eigenvalue weighted by Gasteiger charge is -2.25. The summed E-state index contributed by atoms with van der Waals surface area (Å²) in [4.78, 5) is 28.7. The van der Waals surface area contributed by atoms with Crippen molar-refractivity contribution < 1.29 is 19.4 Å². The number of carbonyl (C=O) groups is 2. The zero-order chi connectivity index (χ0) is 23.7. The van der Waals surface area contributed by atoms with Crippen molar-refractivity contribution in [2.45, 2.75) is 26.8 Å². The van der Waals surface area contributed by atoms with Crippen molar-refractivity contribution in [3.63, 3.8) is 0 Å². The van der Waals surface area contributed by atoms with Crippen LogP contribution in [0.4, 0.5) is 5.69 Å². The van der Waals surface area contributed by atoms with Gasteiger partial charge in [0.2, 0.25) is 0 Å². The molecular weight excluding hydrogens is 458 g/mol. The molecule has 1 aliphatic rings. The molecule has 0 aliphatic carbocycles. The van der Waals surface area contributed by atoms with E-state index in [9.17, 15) is 14.7 Å². The van der Waals surface area contributed by atoms with E-state index in [1.807, 2.05) is 38.3 Å². The molecule has 33 heavy (non-hydrogen) atoms. The molecule has 1 aliphatic heterocycles. The van der Waals surface area contributed by atoms with Crippen LogP contribution in [0.15, 0.2) is 65.6 Å². The highest BCUT2D eigenvalue weighted by atomic mass is 35.5. The van der Waals surface area contributed by atoms with Crippen molar-refractivity contribution in [1.29, 1.82) is 0 Å². The maximum absolute atomic E-state index is 13.2. The van der Waals surface area contributed by atoms with E-state index in [2.05, 4.69) is 0 Å². The highest BCUT2D eigenvalue weighted by Gasteiger charge is 2.47. The van der Waals surface area contributed by atoms with Crippen molar-refractivity contribution in [3.05, 3.63) is 86.6 Å². The Bertz CT molecular complexity index is 1230. The topological polar surface area (TPSA) is 66.8 Å². The highest BCUT2D eigenvalue weighted by molar-refractivity contribution is 7.10. The molecule has 1 saturated heterocycles. The predicted octanol–water partition coefficient (Wildman–Crippen LogP) is 6.37. The lowest BCUT2D eigenvalue weighted by molar-refractivity contribution is -0.132.